The Kier molecular flexibility index (Phi) is 7.57. The van der Waals surface area contributed by atoms with Crippen LogP contribution >= 0.6 is 23.2 Å². The number of alkyl halides is 2. The van der Waals surface area contributed by atoms with E-state index in [0.29, 0.717) is 17.5 Å². The summed E-state index contributed by atoms with van der Waals surface area (Å²) in [6.07, 6.45) is -2.77. The fraction of sp³-hybridized carbons (Fsp3) is 0.286. The van der Waals surface area contributed by atoms with Gasteiger partial charge < -0.3 is 14.9 Å². The number of aliphatic hydroxyl groups excluding tert-OH is 1. The van der Waals surface area contributed by atoms with E-state index >= 15 is 0 Å². The fourth-order valence-corrected chi connectivity index (χ4v) is 5.34. The molecule has 4 N–H and O–H groups in total. The first-order valence-electron chi connectivity index (χ1n) is 10.6. The predicted octanol–water partition coefficient (Wildman–Crippen LogP) is 2.71. The van der Waals surface area contributed by atoms with Crippen molar-refractivity contribution < 1.29 is 32.1 Å². The zero-order chi connectivity index (χ0) is 27.1. The molecule has 0 atom stereocenters. The van der Waals surface area contributed by atoms with Gasteiger partial charge in [-0.1, -0.05) is 23.2 Å². The lowest BCUT2D eigenvalue weighted by Crippen LogP contribution is -2.38. The van der Waals surface area contributed by atoms with Crippen LogP contribution in [0.2, 0.25) is 10.0 Å². The van der Waals surface area contributed by atoms with Gasteiger partial charge in [0.25, 0.3) is 12.0 Å². The molecule has 16 heteroatoms. The summed E-state index contributed by atoms with van der Waals surface area (Å²) in [6, 6.07) is 5.59. The number of rotatable bonds is 8. The number of hydrogen-bond acceptors (Lipinski definition) is 8. The zero-order valence-corrected chi connectivity index (χ0v) is 20.8. The summed E-state index contributed by atoms with van der Waals surface area (Å²) >= 11 is 12.5. The number of benzene rings is 2. The number of halogens is 4. The maximum absolute atomic E-state index is 13.0. The monoisotopic (exact) mass is 578 g/mol. The highest BCUT2D eigenvalue weighted by molar-refractivity contribution is 7.89. The van der Waals surface area contributed by atoms with Crippen molar-refractivity contribution >= 4 is 33.2 Å². The summed E-state index contributed by atoms with van der Waals surface area (Å²) in [7, 11) is -4.14. The fourth-order valence-electron chi connectivity index (χ4n) is 3.56. The topological polar surface area (TPSA) is 164 Å². The molecule has 0 saturated heterocycles. The third-order valence-corrected chi connectivity index (χ3v) is 7.52. The third-order valence-electron chi connectivity index (χ3n) is 5.50. The molecule has 0 bridgehead atoms. The van der Waals surface area contributed by atoms with Gasteiger partial charge in [-0.25, -0.2) is 26.7 Å². The zero-order valence-electron chi connectivity index (χ0n) is 18.5. The molecule has 0 aliphatic heterocycles. The van der Waals surface area contributed by atoms with E-state index in [0.717, 1.165) is 24.3 Å². The Bertz CT molecular complexity index is 1550. The van der Waals surface area contributed by atoms with Crippen LogP contribution in [0.15, 0.2) is 44.8 Å². The van der Waals surface area contributed by atoms with Gasteiger partial charge in [-0.3, -0.25) is 9.78 Å². The van der Waals surface area contributed by atoms with Crippen LogP contribution in [0.5, 0.6) is 17.2 Å². The molecule has 11 nitrogen and oxygen atoms in total. The Morgan fingerprint density at radius 1 is 1.19 bits per heavy atom. The van der Waals surface area contributed by atoms with Crippen LogP contribution in [-0.4, -0.2) is 46.0 Å². The first kappa shape index (κ1) is 27.0. The summed E-state index contributed by atoms with van der Waals surface area (Å²) in [5.41, 5.74) is -3.81. The van der Waals surface area contributed by atoms with Crippen LogP contribution < -0.4 is 20.7 Å². The molecule has 0 spiro atoms. The molecule has 1 saturated carbocycles. The first-order chi connectivity index (χ1) is 17.4. The highest BCUT2D eigenvalue weighted by atomic mass is 35.5. The van der Waals surface area contributed by atoms with Crippen molar-refractivity contribution in [1.29, 1.82) is 0 Å². The van der Waals surface area contributed by atoms with Crippen molar-refractivity contribution in [3.63, 3.8) is 0 Å². The van der Waals surface area contributed by atoms with Crippen LogP contribution in [0.1, 0.15) is 25.0 Å². The van der Waals surface area contributed by atoms with Crippen molar-refractivity contribution in [3.8, 4) is 22.9 Å². The number of H-pyrrole nitrogens is 1. The van der Waals surface area contributed by atoms with Crippen LogP contribution in [-0.2, 0) is 10.0 Å². The lowest BCUT2D eigenvalue weighted by atomic mass is 9.83. The first-order valence-corrected chi connectivity index (χ1v) is 12.8. The summed E-state index contributed by atoms with van der Waals surface area (Å²) < 4.78 is 59.9. The number of aromatic hydroxyl groups is 1. The number of ether oxygens (including phenoxy) is 1. The van der Waals surface area contributed by atoms with E-state index in [-0.39, 0.29) is 39.7 Å². The number of aromatic nitrogens is 3. The van der Waals surface area contributed by atoms with Crippen molar-refractivity contribution in [3.05, 3.63) is 66.9 Å². The second-order valence-electron chi connectivity index (χ2n) is 8.17. The number of phenolic OH excluding ortho intramolecular Hbond substituents is 1. The summed E-state index contributed by atoms with van der Waals surface area (Å²) in [5, 5.41) is 22.4. The molecule has 0 amide bonds. The van der Waals surface area contributed by atoms with Gasteiger partial charge in [0.2, 0.25) is 10.0 Å². The molecule has 1 heterocycles. The number of aromatic amines is 1. The Hall–Kier alpha value is -3.04. The minimum atomic E-state index is -4.14. The van der Waals surface area contributed by atoms with E-state index in [1.54, 1.807) is 4.98 Å². The van der Waals surface area contributed by atoms with Crippen LogP contribution in [0.3, 0.4) is 0 Å². The second kappa shape index (κ2) is 10.4. The minimum absolute atomic E-state index is 0.0244. The average Bonchev–Trinajstić information content (AvgIpc) is 2.79. The van der Waals surface area contributed by atoms with E-state index in [1.165, 1.54) is 6.07 Å². The van der Waals surface area contributed by atoms with Crippen molar-refractivity contribution in [1.82, 2.24) is 19.5 Å². The van der Waals surface area contributed by atoms with Crippen LogP contribution in [0, 0.1) is 5.92 Å². The van der Waals surface area contributed by atoms with Gasteiger partial charge in [-0.05, 0) is 43.0 Å². The minimum Gasteiger partial charge on any atom is -0.507 e. The normalized spacial score (nSPS) is 17.6. The maximum Gasteiger partial charge on any atom is 0.349 e. The lowest BCUT2D eigenvalue weighted by molar-refractivity contribution is 0.0453. The van der Waals surface area contributed by atoms with Gasteiger partial charge >= 0.3 is 5.69 Å². The van der Waals surface area contributed by atoms with Gasteiger partial charge in [0.05, 0.1) is 21.8 Å². The molecule has 2 aromatic carbocycles. The van der Waals surface area contributed by atoms with Gasteiger partial charge in [0, 0.05) is 12.6 Å². The number of nitrogens with zero attached hydrogens (tertiary/aromatic N) is 2. The van der Waals surface area contributed by atoms with Crippen molar-refractivity contribution in [2.24, 2.45) is 5.92 Å². The Balaban J connectivity index is 1.62. The smallest absolute Gasteiger partial charge is 0.349 e. The molecule has 0 radical (unpaired) electrons. The largest absolute Gasteiger partial charge is 0.507 e. The SMILES string of the molecule is O=c1[nH]c(=O)n(-c2cc(Cl)c(Oc3ccc(O)c(S(=O)(=O)NCC4CC(O)C4)c3)c(Cl)c2)nc1C(F)F. The predicted molar refractivity (Wildman–Crippen MR) is 128 cm³/mol. The molecule has 1 aliphatic carbocycles. The number of aliphatic hydroxyl groups is 1. The number of nitrogens with one attached hydrogen (secondary N) is 2. The van der Waals surface area contributed by atoms with E-state index in [1.807, 2.05) is 0 Å². The van der Waals surface area contributed by atoms with Gasteiger partial charge in [-0.2, -0.15) is 9.78 Å². The van der Waals surface area contributed by atoms with E-state index < -0.39 is 50.1 Å². The highest BCUT2D eigenvalue weighted by Gasteiger charge is 2.29. The summed E-state index contributed by atoms with van der Waals surface area (Å²) in [5.74, 6) is -0.819. The lowest BCUT2D eigenvalue weighted by Gasteiger charge is -2.31. The van der Waals surface area contributed by atoms with E-state index in [9.17, 15) is 37.0 Å². The molecule has 4 rings (SSSR count). The molecule has 0 unspecified atom stereocenters. The molecule has 198 valence electrons. The summed E-state index contributed by atoms with van der Waals surface area (Å²) in [4.78, 5) is 24.9. The molecular weight excluding hydrogens is 561 g/mol. The average molecular weight is 579 g/mol. The maximum atomic E-state index is 13.0. The van der Waals surface area contributed by atoms with Crippen molar-refractivity contribution in [2.75, 3.05) is 6.54 Å². The molecule has 3 aromatic rings. The third kappa shape index (κ3) is 5.78. The number of hydrogen-bond donors (Lipinski definition) is 4. The standard InChI is InChI=1S/C21H18Cl2F2N4O7S/c22-13-5-10(29-21(33)27-20(32)17(28-29)19(24)25)6-14(23)18(13)36-12-1-2-15(31)16(7-12)37(34,35)26-8-9-3-11(30)4-9/h1-2,5-7,9,11,19,26,30-31H,3-4,8H2,(H,27,32,33). The number of phenols is 1. The van der Waals surface area contributed by atoms with Gasteiger partial charge in [0.1, 0.15) is 16.4 Å². The molecule has 1 aliphatic rings. The molecule has 1 aromatic heterocycles. The highest BCUT2D eigenvalue weighted by Crippen LogP contribution is 2.39. The van der Waals surface area contributed by atoms with Crippen LogP contribution in [0.25, 0.3) is 5.69 Å². The Morgan fingerprint density at radius 2 is 1.84 bits per heavy atom. The summed E-state index contributed by atoms with van der Waals surface area (Å²) in [6.45, 7) is 0.0778. The molecule has 1 fully saturated rings. The number of sulfonamides is 1. The second-order valence-corrected chi connectivity index (χ2v) is 10.7. The van der Waals surface area contributed by atoms with E-state index in [4.69, 9.17) is 27.9 Å². The van der Waals surface area contributed by atoms with Gasteiger partial charge in [-0.15, -0.1) is 0 Å². The Morgan fingerprint density at radius 3 is 2.43 bits per heavy atom. The Labute approximate surface area is 217 Å². The van der Waals surface area contributed by atoms with Crippen molar-refractivity contribution in [2.45, 2.75) is 30.3 Å². The van der Waals surface area contributed by atoms with E-state index in [2.05, 4.69) is 9.82 Å². The molecule has 37 heavy (non-hydrogen) atoms. The molecular formula is C21H18Cl2F2N4O7S. The van der Waals surface area contributed by atoms with Gasteiger partial charge in [0.15, 0.2) is 11.4 Å². The van der Waals surface area contributed by atoms with Crippen LogP contribution in [0.4, 0.5) is 8.78 Å². The quantitative estimate of drug-likeness (QED) is 0.317.